The van der Waals surface area contributed by atoms with Crippen molar-refractivity contribution >= 4 is 17.3 Å². The van der Waals surface area contributed by atoms with Crippen molar-refractivity contribution in [3.05, 3.63) is 103 Å². The van der Waals surface area contributed by atoms with E-state index < -0.39 is 40.0 Å². The van der Waals surface area contributed by atoms with E-state index in [9.17, 15) is 23.5 Å². The summed E-state index contributed by atoms with van der Waals surface area (Å²) < 4.78 is 41.1. The molecule has 1 N–H and O–H groups in total. The topological polar surface area (TPSA) is 76.8 Å². The van der Waals surface area contributed by atoms with E-state index in [1.807, 2.05) is 28.9 Å². The zero-order valence-corrected chi connectivity index (χ0v) is 21.6. The lowest BCUT2D eigenvalue weighted by atomic mass is 9.74. The Morgan fingerprint density at radius 1 is 1.08 bits per heavy atom. The molecule has 4 aliphatic heterocycles. The van der Waals surface area contributed by atoms with Crippen molar-refractivity contribution in [1.82, 2.24) is 9.08 Å². The van der Waals surface area contributed by atoms with Crippen molar-refractivity contribution < 1.29 is 23.3 Å². The average Bonchev–Trinajstić information content (AvgIpc) is 3.47. The standard InChI is InChI=1S/C29H23F2N3O4S/c30-20-11-15-14-39-23-4-2-1-3-17(23)24(18(15)13-21(20)31)34-27-19-12-16-5-7-29(19,38-16)8-10-32(27)28(37)25-26(36)22(35)6-9-33(25)34/h1-4,6,9,11,13,16,19,24H,5,7-8,10,12,14H2/p+1/t16-,19+,24-,29-/m0/s1. The third kappa shape index (κ3) is 3.10. The van der Waals surface area contributed by atoms with Crippen LogP contribution in [-0.2, 0) is 17.0 Å². The lowest BCUT2D eigenvalue weighted by Gasteiger charge is -2.37. The molecule has 2 bridgehead atoms. The molecule has 4 aromatic rings. The maximum absolute atomic E-state index is 14.9. The van der Waals surface area contributed by atoms with E-state index >= 15 is 0 Å². The van der Waals surface area contributed by atoms with Gasteiger partial charge in [0.2, 0.25) is 10.9 Å². The fourth-order valence-corrected chi connectivity index (χ4v) is 8.43. The number of pyridine rings is 1. The number of aromatic nitrogens is 3. The smallest absolute Gasteiger partial charge is 0.365 e. The Kier molecular flexibility index (Phi) is 4.81. The predicted octanol–water partition coefficient (Wildman–Crippen LogP) is 3.78. The summed E-state index contributed by atoms with van der Waals surface area (Å²) in [6.07, 6.45) is 4.84. The van der Waals surface area contributed by atoms with Crippen LogP contribution in [0.3, 0.4) is 0 Å². The van der Waals surface area contributed by atoms with E-state index in [0.29, 0.717) is 35.7 Å². The fourth-order valence-electron chi connectivity index (χ4n) is 7.34. The summed E-state index contributed by atoms with van der Waals surface area (Å²) >= 11 is 1.54. The number of fused-ring (bicyclic) bond motifs is 6. The molecular formula is C29H24F2N3O4S+. The third-order valence-electron chi connectivity index (χ3n) is 9.06. The molecule has 0 radical (unpaired) electrons. The van der Waals surface area contributed by atoms with E-state index in [4.69, 9.17) is 4.74 Å². The van der Waals surface area contributed by atoms with Crippen LogP contribution < -0.4 is 15.7 Å². The van der Waals surface area contributed by atoms with Crippen LogP contribution in [0, 0.1) is 11.6 Å². The van der Waals surface area contributed by atoms with Gasteiger partial charge in [-0.3, -0.25) is 4.79 Å². The van der Waals surface area contributed by atoms with Gasteiger partial charge >= 0.3 is 5.56 Å². The number of halogens is 2. The fraction of sp³-hybridized carbons (Fsp3) is 0.345. The van der Waals surface area contributed by atoms with Gasteiger partial charge in [-0.1, -0.05) is 18.2 Å². The number of ether oxygens (including phenoxy) is 1. The van der Waals surface area contributed by atoms with Gasteiger partial charge in [0.1, 0.15) is 0 Å². The lowest BCUT2D eigenvalue weighted by molar-refractivity contribution is -0.783. The van der Waals surface area contributed by atoms with Crippen molar-refractivity contribution in [1.29, 1.82) is 0 Å². The van der Waals surface area contributed by atoms with Crippen LogP contribution in [0.2, 0.25) is 0 Å². The summed E-state index contributed by atoms with van der Waals surface area (Å²) in [7, 11) is 0. The molecule has 2 fully saturated rings. The first-order chi connectivity index (χ1) is 18.9. The Morgan fingerprint density at radius 2 is 1.90 bits per heavy atom. The number of nitrogens with zero attached hydrogens (tertiary/aromatic N) is 3. The molecule has 2 saturated heterocycles. The van der Waals surface area contributed by atoms with Crippen molar-refractivity contribution in [2.45, 2.75) is 66.5 Å². The Morgan fingerprint density at radius 3 is 2.74 bits per heavy atom. The second kappa shape index (κ2) is 8.02. The van der Waals surface area contributed by atoms with Gasteiger partial charge in [0.05, 0.1) is 30.4 Å². The molecular weight excluding hydrogens is 524 g/mol. The quantitative estimate of drug-likeness (QED) is 0.367. The van der Waals surface area contributed by atoms with Gasteiger partial charge in [0.25, 0.3) is 5.82 Å². The van der Waals surface area contributed by atoms with E-state index in [1.54, 1.807) is 20.8 Å². The minimum Gasteiger partial charge on any atom is -0.502 e. The highest BCUT2D eigenvalue weighted by molar-refractivity contribution is 7.98. The summed E-state index contributed by atoms with van der Waals surface area (Å²) in [6.45, 7) is 0.365. The molecule has 4 aliphatic rings. The number of benzene rings is 2. The molecule has 8 rings (SSSR count). The predicted molar refractivity (Wildman–Crippen MR) is 138 cm³/mol. The molecule has 2 aromatic carbocycles. The molecule has 0 amide bonds. The maximum atomic E-state index is 14.9. The van der Waals surface area contributed by atoms with Gasteiger partial charge < -0.3 is 9.84 Å². The molecule has 0 saturated carbocycles. The van der Waals surface area contributed by atoms with Crippen LogP contribution in [0.5, 0.6) is 5.75 Å². The summed E-state index contributed by atoms with van der Waals surface area (Å²) in [5, 5.41) is 10.9. The normalized spacial score (nSPS) is 26.6. The SMILES string of the molecule is O=c1ccn2c(c1O)c(=O)n1c([n+]2[C@@H]2c3cc(F)c(F)cc3CSc3ccccc32)[C@H]2C[C@@H]3CC[C@@]2(CC1)O3. The molecule has 6 heterocycles. The molecule has 0 unspecified atom stereocenters. The minimum atomic E-state index is -0.954. The average molecular weight is 549 g/mol. The Balaban J connectivity index is 1.55. The van der Waals surface area contributed by atoms with E-state index in [1.165, 1.54) is 24.4 Å². The van der Waals surface area contributed by atoms with Crippen molar-refractivity contribution in [2.75, 3.05) is 0 Å². The first-order valence-electron chi connectivity index (χ1n) is 13.2. The largest absolute Gasteiger partial charge is 0.502 e. The zero-order chi connectivity index (χ0) is 26.6. The zero-order valence-electron chi connectivity index (χ0n) is 20.8. The molecule has 4 atom stereocenters. The third-order valence-corrected chi connectivity index (χ3v) is 10.2. The second-order valence-corrected chi connectivity index (χ2v) is 12.0. The Labute approximate surface area is 225 Å². The van der Waals surface area contributed by atoms with Crippen LogP contribution in [0.4, 0.5) is 8.78 Å². The molecule has 198 valence electrons. The van der Waals surface area contributed by atoms with Crippen LogP contribution in [0.25, 0.3) is 5.52 Å². The van der Waals surface area contributed by atoms with Crippen molar-refractivity contribution in [2.24, 2.45) is 0 Å². The highest BCUT2D eigenvalue weighted by Crippen LogP contribution is 2.56. The number of thioether (sulfide) groups is 1. The summed E-state index contributed by atoms with van der Waals surface area (Å²) in [6, 6.07) is 10.8. The van der Waals surface area contributed by atoms with Gasteiger partial charge in [-0.2, -0.15) is 9.08 Å². The van der Waals surface area contributed by atoms with Gasteiger partial charge in [-0.05, 0) is 43.0 Å². The molecule has 2 aromatic heterocycles. The van der Waals surface area contributed by atoms with Crippen molar-refractivity contribution in [3.8, 4) is 5.75 Å². The van der Waals surface area contributed by atoms with Gasteiger partial charge in [0.15, 0.2) is 23.4 Å². The monoisotopic (exact) mass is 548 g/mol. The van der Waals surface area contributed by atoms with Crippen LogP contribution in [-0.4, -0.2) is 25.9 Å². The maximum Gasteiger partial charge on any atom is 0.365 e. The number of rotatable bonds is 1. The number of hydrogen-bond acceptors (Lipinski definition) is 5. The molecule has 10 heteroatoms. The lowest BCUT2D eigenvalue weighted by Crippen LogP contribution is -2.60. The number of aromatic hydroxyl groups is 1. The Bertz CT molecular complexity index is 1850. The molecule has 0 aliphatic carbocycles. The van der Waals surface area contributed by atoms with E-state index in [0.717, 1.165) is 29.7 Å². The van der Waals surface area contributed by atoms with Gasteiger partial charge in [0, 0.05) is 34.3 Å². The highest BCUT2D eigenvalue weighted by atomic mass is 32.2. The first kappa shape index (κ1) is 23.4. The van der Waals surface area contributed by atoms with Crippen LogP contribution >= 0.6 is 11.8 Å². The van der Waals surface area contributed by atoms with Gasteiger partial charge in [-0.15, -0.1) is 16.4 Å². The van der Waals surface area contributed by atoms with E-state index in [-0.39, 0.29) is 17.5 Å². The second-order valence-electron chi connectivity index (χ2n) is 11.0. The Hall–Kier alpha value is -3.50. The van der Waals surface area contributed by atoms with Gasteiger partial charge in [-0.25, -0.2) is 13.6 Å². The minimum absolute atomic E-state index is 0.0963. The van der Waals surface area contributed by atoms with Crippen LogP contribution in [0.15, 0.2) is 63.1 Å². The van der Waals surface area contributed by atoms with E-state index in [2.05, 4.69) is 0 Å². The summed E-state index contributed by atoms with van der Waals surface area (Å²) in [4.78, 5) is 27.4. The summed E-state index contributed by atoms with van der Waals surface area (Å²) in [5.74, 6) is -1.46. The molecule has 7 nitrogen and oxygen atoms in total. The number of hydrogen-bond donors (Lipinski definition) is 1. The molecule has 1 spiro atoms. The summed E-state index contributed by atoms with van der Waals surface area (Å²) in [5.41, 5.74) is 0.443. The first-order valence-corrected chi connectivity index (χ1v) is 14.1. The molecule has 39 heavy (non-hydrogen) atoms. The van der Waals surface area contributed by atoms with Crippen molar-refractivity contribution in [3.63, 3.8) is 0 Å². The highest BCUT2D eigenvalue weighted by Gasteiger charge is 2.61. The van der Waals surface area contributed by atoms with Crippen LogP contribution in [0.1, 0.15) is 60.2 Å².